The zero-order chi connectivity index (χ0) is 36.0. The van der Waals surface area contributed by atoms with Gasteiger partial charge in [-0.05, 0) is 46.2 Å². The Labute approximate surface area is 319 Å². The van der Waals surface area contributed by atoms with E-state index >= 15 is 0 Å². The van der Waals surface area contributed by atoms with Gasteiger partial charge in [-0.25, -0.2) is 9.97 Å². The van der Waals surface area contributed by atoms with Crippen LogP contribution in [0.5, 0.6) is 0 Å². The minimum Gasteiger partial charge on any atom is -0.455 e. The molecule has 12 rings (SSSR count). The Kier molecular flexibility index (Phi) is 6.47. The van der Waals surface area contributed by atoms with Gasteiger partial charge in [0.15, 0.2) is 0 Å². The topological polar surface area (TPSA) is 43.9 Å². The second-order valence-electron chi connectivity index (χ2n) is 14.1. The molecule has 4 aromatic heterocycles. The van der Waals surface area contributed by atoms with Crippen LogP contribution in [0.15, 0.2) is 180 Å². The van der Waals surface area contributed by atoms with Gasteiger partial charge in [0.2, 0.25) is 5.95 Å². The summed E-state index contributed by atoms with van der Waals surface area (Å²) in [6, 6.07) is 62.3. The quantitative estimate of drug-likeness (QED) is 0.182. The Hall–Kier alpha value is -7.08. The molecule has 0 fully saturated rings. The van der Waals surface area contributed by atoms with Gasteiger partial charge in [-0.2, -0.15) is 0 Å². The summed E-state index contributed by atoms with van der Waals surface area (Å²) in [4.78, 5) is 11.0. The Morgan fingerprint density at radius 3 is 2.05 bits per heavy atom. The van der Waals surface area contributed by atoms with Crippen LogP contribution in [0.2, 0.25) is 0 Å². The highest BCUT2D eigenvalue weighted by atomic mass is 32.1. The Bertz CT molecular complexity index is 3490. The zero-order valence-electron chi connectivity index (χ0n) is 29.4. The summed E-state index contributed by atoms with van der Waals surface area (Å²) in [6.45, 7) is 0. The molecule has 55 heavy (non-hydrogen) atoms. The fourth-order valence-corrected chi connectivity index (χ4v) is 9.71. The van der Waals surface area contributed by atoms with E-state index < -0.39 is 0 Å². The number of nitrogens with zero attached hydrogens (tertiary/aromatic N) is 3. The molecule has 0 saturated heterocycles. The highest BCUT2D eigenvalue weighted by molar-refractivity contribution is 7.26. The molecule has 0 radical (unpaired) electrons. The van der Waals surface area contributed by atoms with Gasteiger partial charge < -0.3 is 4.42 Å². The second-order valence-corrected chi connectivity index (χ2v) is 15.1. The number of aromatic nitrogens is 3. The molecule has 5 heteroatoms. The maximum Gasteiger partial charge on any atom is 0.235 e. The van der Waals surface area contributed by atoms with Gasteiger partial charge in [-0.1, -0.05) is 152 Å². The van der Waals surface area contributed by atoms with Crippen molar-refractivity contribution in [2.45, 2.75) is 0 Å². The molecule has 0 bridgehead atoms. The summed E-state index contributed by atoms with van der Waals surface area (Å²) in [5, 5.41) is 8.03. The number of benzene rings is 8. The van der Waals surface area contributed by atoms with Gasteiger partial charge >= 0.3 is 0 Å². The van der Waals surface area contributed by atoms with Crippen LogP contribution in [0.25, 0.3) is 114 Å². The molecule has 8 aromatic carbocycles. The van der Waals surface area contributed by atoms with Crippen molar-refractivity contribution >= 4 is 86.2 Å². The summed E-state index contributed by atoms with van der Waals surface area (Å²) in [5.41, 5.74) is 11.2. The lowest BCUT2D eigenvalue weighted by Gasteiger charge is -2.13. The van der Waals surface area contributed by atoms with Gasteiger partial charge in [-0.15, -0.1) is 11.3 Å². The van der Waals surface area contributed by atoms with Gasteiger partial charge in [0, 0.05) is 48.3 Å². The molecule has 4 nitrogen and oxygen atoms in total. The maximum atomic E-state index is 6.82. The third-order valence-corrected chi connectivity index (χ3v) is 12.2. The largest absolute Gasteiger partial charge is 0.455 e. The first-order valence-corrected chi connectivity index (χ1v) is 19.3. The number of fused-ring (bicyclic) bond motifs is 11. The molecule has 0 unspecified atom stereocenters. The van der Waals surface area contributed by atoms with Crippen molar-refractivity contribution in [1.29, 1.82) is 0 Å². The van der Waals surface area contributed by atoms with Crippen molar-refractivity contribution in [1.82, 2.24) is 14.5 Å². The second kappa shape index (κ2) is 11.7. The molecule has 4 heterocycles. The standard InChI is InChI=1S/C50H29N3OS/c1-3-13-30(14-4-1)33-25-27-41-40(29-33)36-21-11-20-35(37-22-12-23-39-44-34-18-8-7-15-31(34)26-28-42(44)54-48(37)39)47(36)53(41)50-51-45(32-16-5-2-6-17-32)49-46(52-50)38-19-9-10-24-43(38)55-49/h1-29H. The highest BCUT2D eigenvalue weighted by Crippen LogP contribution is 2.45. The van der Waals surface area contributed by atoms with Crippen molar-refractivity contribution in [2.24, 2.45) is 0 Å². The van der Waals surface area contributed by atoms with E-state index in [9.17, 15) is 0 Å². The summed E-state index contributed by atoms with van der Waals surface area (Å²) < 4.78 is 11.4. The molecule has 0 spiro atoms. The van der Waals surface area contributed by atoms with Crippen molar-refractivity contribution in [2.75, 3.05) is 0 Å². The van der Waals surface area contributed by atoms with E-state index in [1.54, 1.807) is 11.3 Å². The van der Waals surface area contributed by atoms with E-state index in [1.165, 1.54) is 21.0 Å². The average Bonchev–Trinajstić information content (AvgIpc) is 3.94. The summed E-state index contributed by atoms with van der Waals surface area (Å²) in [7, 11) is 0. The maximum absolute atomic E-state index is 6.82. The molecule has 0 amide bonds. The van der Waals surface area contributed by atoms with Crippen LogP contribution in [-0.4, -0.2) is 14.5 Å². The molecule has 256 valence electrons. The molecule has 0 aliphatic rings. The fraction of sp³-hybridized carbons (Fsp3) is 0. The lowest BCUT2D eigenvalue weighted by atomic mass is 9.98. The molecular weight excluding hydrogens is 691 g/mol. The molecule has 0 saturated carbocycles. The summed E-state index contributed by atoms with van der Waals surface area (Å²) in [5.74, 6) is 0.637. The SMILES string of the molecule is c1ccc(-c2ccc3c(c2)c2cccc(-c4cccc5c4oc4ccc6ccccc6c45)c2n3-c2nc(-c3ccccc3)c3sc4ccccc4c3n2)cc1. The molecule has 0 aliphatic carbocycles. The predicted molar refractivity (Wildman–Crippen MR) is 230 cm³/mol. The van der Waals surface area contributed by atoms with Gasteiger partial charge in [0.1, 0.15) is 11.2 Å². The van der Waals surface area contributed by atoms with Crippen LogP contribution < -0.4 is 0 Å². The van der Waals surface area contributed by atoms with Crippen molar-refractivity contribution in [3.05, 3.63) is 176 Å². The number of rotatable bonds is 4. The van der Waals surface area contributed by atoms with E-state index in [1.807, 2.05) is 0 Å². The number of thiophene rings is 1. The van der Waals surface area contributed by atoms with Gasteiger partial charge in [0.05, 0.1) is 26.9 Å². The summed E-state index contributed by atoms with van der Waals surface area (Å²) >= 11 is 1.75. The fourth-order valence-electron chi connectivity index (χ4n) is 8.56. The first-order valence-electron chi connectivity index (χ1n) is 18.5. The molecule has 0 N–H and O–H groups in total. The van der Waals surface area contributed by atoms with Crippen molar-refractivity contribution in [3.8, 4) is 39.5 Å². The monoisotopic (exact) mass is 719 g/mol. The minimum atomic E-state index is 0.637. The number of para-hydroxylation sites is 2. The average molecular weight is 720 g/mol. The Morgan fingerprint density at radius 2 is 1.20 bits per heavy atom. The normalized spacial score (nSPS) is 12.0. The lowest BCUT2D eigenvalue weighted by molar-refractivity contribution is 0.670. The van der Waals surface area contributed by atoms with Crippen LogP contribution in [0.1, 0.15) is 0 Å². The van der Waals surface area contributed by atoms with Crippen LogP contribution >= 0.6 is 11.3 Å². The summed E-state index contributed by atoms with van der Waals surface area (Å²) in [6.07, 6.45) is 0. The first-order chi connectivity index (χ1) is 27.3. The predicted octanol–water partition coefficient (Wildman–Crippen LogP) is 14.0. The third-order valence-electron chi connectivity index (χ3n) is 11.0. The van der Waals surface area contributed by atoms with E-state index in [0.29, 0.717) is 5.95 Å². The van der Waals surface area contributed by atoms with Gasteiger partial charge in [-0.3, -0.25) is 4.57 Å². The minimum absolute atomic E-state index is 0.637. The molecule has 0 aliphatic heterocycles. The van der Waals surface area contributed by atoms with E-state index in [-0.39, 0.29) is 0 Å². The molecule has 0 atom stereocenters. The van der Waals surface area contributed by atoms with Crippen molar-refractivity contribution in [3.63, 3.8) is 0 Å². The number of furan rings is 1. The van der Waals surface area contributed by atoms with Crippen LogP contribution in [0, 0.1) is 0 Å². The number of hydrogen-bond donors (Lipinski definition) is 0. The van der Waals surface area contributed by atoms with E-state index in [0.717, 1.165) is 87.3 Å². The van der Waals surface area contributed by atoms with E-state index in [4.69, 9.17) is 14.4 Å². The van der Waals surface area contributed by atoms with Crippen LogP contribution in [0.3, 0.4) is 0 Å². The Morgan fingerprint density at radius 1 is 0.491 bits per heavy atom. The smallest absolute Gasteiger partial charge is 0.235 e. The van der Waals surface area contributed by atoms with Crippen LogP contribution in [-0.2, 0) is 0 Å². The molecular formula is C50H29N3OS. The van der Waals surface area contributed by atoms with Crippen molar-refractivity contribution < 1.29 is 4.42 Å². The first kappa shape index (κ1) is 30.4. The number of hydrogen-bond acceptors (Lipinski definition) is 4. The van der Waals surface area contributed by atoms with Gasteiger partial charge in [0.25, 0.3) is 0 Å². The van der Waals surface area contributed by atoms with E-state index in [2.05, 4.69) is 180 Å². The highest BCUT2D eigenvalue weighted by Gasteiger charge is 2.24. The zero-order valence-corrected chi connectivity index (χ0v) is 30.2. The molecule has 12 aromatic rings. The lowest BCUT2D eigenvalue weighted by Crippen LogP contribution is -2.03. The van der Waals surface area contributed by atoms with Crippen LogP contribution in [0.4, 0.5) is 0 Å². The Balaban J connectivity index is 1.22. The third kappa shape index (κ3) is 4.51.